The molecule has 1 rings (SSSR count). The van der Waals surface area contributed by atoms with E-state index in [1.807, 2.05) is 41.8 Å². The van der Waals surface area contributed by atoms with Gasteiger partial charge in [0.1, 0.15) is 0 Å². The van der Waals surface area contributed by atoms with E-state index < -0.39 is 0 Å². The molecule has 18 heavy (non-hydrogen) atoms. The van der Waals surface area contributed by atoms with Crippen LogP contribution < -0.4 is 10.6 Å². The van der Waals surface area contributed by atoms with Crippen LogP contribution >= 0.6 is 0 Å². The Bertz CT molecular complexity index is 227. The predicted molar refractivity (Wildman–Crippen MR) is 87.6 cm³/mol. The van der Waals surface area contributed by atoms with E-state index in [9.17, 15) is 0 Å². The fourth-order valence-electron chi connectivity index (χ4n) is 0.720. The molecule has 2 heteroatoms. The molecule has 108 valence electrons. The van der Waals surface area contributed by atoms with Crippen molar-refractivity contribution in [1.29, 1.82) is 0 Å². The van der Waals surface area contributed by atoms with Gasteiger partial charge in [0.15, 0.2) is 0 Å². The Hall–Kier alpha value is -1.02. The predicted octanol–water partition coefficient (Wildman–Crippen LogP) is 4.70. The van der Waals surface area contributed by atoms with Gasteiger partial charge in [-0.15, -0.1) is 0 Å². The molecule has 0 amide bonds. The van der Waals surface area contributed by atoms with Crippen LogP contribution in [0.25, 0.3) is 0 Å². The number of hydrogen-bond donors (Lipinski definition) is 2. The van der Waals surface area contributed by atoms with E-state index >= 15 is 0 Å². The molecule has 0 aliphatic carbocycles. The molecule has 2 N–H and O–H groups in total. The minimum atomic E-state index is 0.634. The first kappa shape index (κ1) is 22.2. The highest BCUT2D eigenvalue weighted by Crippen LogP contribution is 2.06. The summed E-state index contributed by atoms with van der Waals surface area (Å²) in [5.74, 6) is 0. The van der Waals surface area contributed by atoms with E-state index in [1.165, 1.54) is 11.3 Å². The summed E-state index contributed by atoms with van der Waals surface area (Å²) in [6.07, 6.45) is 0. The number of anilines is 1. The van der Waals surface area contributed by atoms with Gasteiger partial charge in [-0.2, -0.15) is 0 Å². The summed E-state index contributed by atoms with van der Waals surface area (Å²) in [6.45, 7) is 14.3. The third-order valence-corrected chi connectivity index (χ3v) is 1.92. The third kappa shape index (κ3) is 17.4. The molecule has 0 aliphatic rings. The molecule has 1 aromatic rings. The van der Waals surface area contributed by atoms with E-state index in [-0.39, 0.29) is 0 Å². The van der Waals surface area contributed by atoms with E-state index in [0.29, 0.717) is 6.04 Å². The van der Waals surface area contributed by atoms with Gasteiger partial charge in [-0.05, 0) is 26.1 Å². The molecule has 0 saturated heterocycles. The highest BCUT2D eigenvalue weighted by atomic mass is 14.8. The van der Waals surface area contributed by atoms with Crippen molar-refractivity contribution < 1.29 is 0 Å². The fourth-order valence-corrected chi connectivity index (χ4v) is 0.720. The Balaban J connectivity index is -0.000000215. The lowest BCUT2D eigenvalue weighted by Gasteiger charge is -1.97. The summed E-state index contributed by atoms with van der Waals surface area (Å²) in [6, 6.07) is 8.94. The van der Waals surface area contributed by atoms with Crippen molar-refractivity contribution in [1.82, 2.24) is 5.32 Å². The molecular weight excluding hydrogens is 220 g/mol. The first-order chi connectivity index (χ1) is 8.60. The summed E-state index contributed by atoms with van der Waals surface area (Å²) < 4.78 is 0. The fraction of sp³-hybridized carbons (Fsp3) is 0.625. The molecule has 0 atom stereocenters. The minimum Gasteiger partial charge on any atom is -0.388 e. The van der Waals surface area contributed by atoms with Crippen LogP contribution in [-0.4, -0.2) is 20.1 Å². The van der Waals surface area contributed by atoms with E-state index in [2.05, 4.69) is 55.7 Å². The lowest BCUT2D eigenvalue weighted by Crippen LogP contribution is -2.15. The van der Waals surface area contributed by atoms with Crippen LogP contribution in [0.5, 0.6) is 0 Å². The van der Waals surface area contributed by atoms with Crippen molar-refractivity contribution in [2.24, 2.45) is 0 Å². The maximum Gasteiger partial charge on any atom is 0.0337 e. The van der Waals surface area contributed by atoms with Crippen molar-refractivity contribution in [2.45, 2.75) is 54.5 Å². The van der Waals surface area contributed by atoms with Crippen molar-refractivity contribution in [3.8, 4) is 0 Å². The molecule has 0 unspecified atom stereocenters. The second-order valence-electron chi connectivity index (χ2n) is 3.56. The quantitative estimate of drug-likeness (QED) is 0.799. The maximum absolute atomic E-state index is 3.05. The lowest BCUT2D eigenvalue weighted by molar-refractivity contribution is 0.668. The van der Waals surface area contributed by atoms with Crippen molar-refractivity contribution in [3.63, 3.8) is 0 Å². The molecule has 0 aliphatic heterocycles. The largest absolute Gasteiger partial charge is 0.388 e. The van der Waals surface area contributed by atoms with Gasteiger partial charge < -0.3 is 10.6 Å². The molecule has 0 radical (unpaired) electrons. The average molecular weight is 254 g/mol. The van der Waals surface area contributed by atoms with Gasteiger partial charge in [0.25, 0.3) is 0 Å². The van der Waals surface area contributed by atoms with E-state index in [1.54, 1.807) is 0 Å². The molecule has 0 fully saturated rings. The molecule has 1 aromatic carbocycles. The monoisotopic (exact) mass is 254 g/mol. The van der Waals surface area contributed by atoms with Gasteiger partial charge in [0.2, 0.25) is 0 Å². The molecule has 0 bridgehead atoms. The van der Waals surface area contributed by atoms with Crippen LogP contribution in [0.3, 0.4) is 0 Å². The van der Waals surface area contributed by atoms with Crippen molar-refractivity contribution in [3.05, 3.63) is 29.8 Å². The Labute approximate surface area is 115 Å². The number of benzene rings is 1. The highest BCUT2D eigenvalue weighted by molar-refractivity contribution is 5.43. The summed E-state index contributed by atoms with van der Waals surface area (Å²) in [7, 11) is 3.87. The first-order valence-electron chi connectivity index (χ1n) is 7.01. The van der Waals surface area contributed by atoms with Gasteiger partial charge in [0.05, 0.1) is 0 Å². The van der Waals surface area contributed by atoms with Crippen LogP contribution in [0.2, 0.25) is 0 Å². The van der Waals surface area contributed by atoms with Crippen molar-refractivity contribution >= 4 is 5.69 Å². The van der Waals surface area contributed by atoms with Crippen molar-refractivity contribution in [2.75, 3.05) is 19.4 Å². The zero-order valence-corrected chi connectivity index (χ0v) is 13.9. The minimum absolute atomic E-state index is 0.634. The van der Waals surface area contributed by atoms with E-state index in [4.69, 9.17) is 0 Å². The smallest absolute Gasteiger partial charge is 0.0337 e. The van der Waals surface area contributed by atoms with Crippen LogP contribution in [0, 0.1) is 6.92 Å². The topological polar surface area (TPSA) is 24.1 Å². The summed E-state index contributed by atoms with van der Waals surface area (Å²) in [5.41, 5.74) is 2.47. The number of rotatable bonds is 2. The molecule has 0 heterocycles. The Kier molecular flexibility index (Phi) is 22.6. The van der Waals surface area contributed by atoms with Crippen LogP contribution in [0.4, 0.5) is 5.69 Å². The zero-order chi connectivity index (χ0) is 15.0. The second kappa shape index (κ2) is 18.3. The third-order valence-electron chi connectivity index (χ3n) is 1.92. The molecule has 2 nitrogen and oxygen atoms in total. The van der Waals surface area contributed by atoms with Crippen LogP contribution in [-0.2, 0) is 0 Å². The highest BCUT2D eigenvalue weighted by Gasteiger charge is 1.83. The van der Waals surface area contributed by atoms with Gasteiger partial charge in [0, 0.05) is 18.8 Å². The summed E-state index contributed by atoms with van der Waals surface area (Å²) in [5, 5.41) is 6.08. The van der Waals surface area contributed by atoms with Crippen LogP contribution in [0.15, 0.2) is 24.3 Å². The molecule has 0 aromatic heterocycles. The maximum atomic E-state index is 3.05. The molecular formula is C16H34N2. The first-order valence-corrected chi connectivity index (χ1v) is 7.01. The van der Waals surface area contributed by atoms with Gasteiger partial charge in [-0.1, -0.05) is 59.2 Å². The summed E-state index contributed by atoms with van der Waals surface area (Å²) in [4.78, 5) is 0. The standard InChI is InChI=1S/C8H11N.C4H11N.2C2H6/c1-7-3-5-8(9-2)6-4-7;1-4(2)5-3;2*1-2/h3-6,9H,1-2H3;4-5H,1-3H3;2*1-2H3. The van der Waals surface area contributed by atoms with Gasteiger partial charge >= 0.3 is 0 Å². The Morgan fingerprint density at radius 3 is 1.39 bits per heavy atom. The molecule has 0 spiro atoms. The molecule has 0 saturated carbocycles. The number of hydrogen-bond acceptors (Lipinski definition) is 2. The number of nitrogens with one attached hydrogen (secondary N) is 2. The van der Waals surface area contributed by atoms with Crippen LogP contribution in [0.1, 0.15) is 47.1 Å². The SMILES string of the molecule is CC.CC.CNC(C)C.CNc1ccc(C)cc1. The van der Waals surface area contributed by atoms with E-state index in [0.717, 1.165) is 0 Å². The average Bonchev–Trinajstić information content (AvgIpc) is 2.44. The lowest BCUT2D eigenvalue weighted by atomic mass is 10.2. The second-order valence-corrected chi connectivity index (χ2v) is 3.56. The van der Waals surface area contributed by atoms with Gasteiger partial charge in [-0.25, -0.2) is 0 Å². The normalized spacial score (nSPS) is 7.89. The summed E-state index contributed by atoms with van der Waals surface area (Å²) >= 11 is 0. The zero-order valence-electron chi connectivity index (χ0n) is 13.9. The Morgan fingerprint density at radius 2 is 1.17 bits per heavy atom. The van der Waals surface area contributed by atoms with Gasteiger partial charge in [-0.3, -0.25) is 0 Å². The Morgan fingerprint density at radius 1 is 0.833 bits per heavy atom. The number of aryl methyl sites for hydroxylation is 1.